The molecule has 0 spiro atoms. The van der Waals surface area contributed by atoms with E-state index in [4.69, 9.17) is 10.5 Å². The number of ether oxygens (including phenoxy) is 1. The minimum atomic E-state index is -0.0706. The topological polar surface area (TPSA) is 67.6 Å². The molecule has 5 nitrogen and oxygen atoms in total. The molecule has 5 heteroatoms. The number of hydrogen-bond acceptors (Lipinski definition) is 4. The molecule has 2 fully saturated rings. The molecule has 1 saturated carbocycles. The van der Waals surface area contributed by atoms with Gasteiger partial charge in [-0.2, -0.15) is 0 Å². The lowest BCUT2D eigenvalue weighted by atomic mass is 10.00. The molecule has 1 aliphatic carbocycles. The molecule has 2 atom stereocenters. The predicted molar refractivity (Wildman–Crippen MR) is 79.4 cm³/mol. The molecule has 1 aliphatic heterocycles. The summed E-state index contributed by atoms with van der Waals surface area (Å²) in [5.74, 6) is 0.539. The lowest BCUT2D eigenvalue weighted by molar-refractivity contribution is -0.122. The molecule has 1 saturated heterocycles. The van der Waals surface area contributed by atoms with E-state index in [0.29, 0.717) is 12.3 Å². The lowest BCUT2D eigenvalue weighted by Crippen LogP contribution is -2.50. The molecular weight excluding hydrogens is 254 g/mol. The van der Waals surface area contributed by atoms with Gasteiger partial charge in [-0.15, -0.1) is 0 Å². The van der Waals surface area contributed by atoms with Gasteiger partial charge in [-0.25, -0.2) is 0 Å². The smallest absolute Gasteiger partial charge is 0.220 e. The zero-order valence-electron chi connectivity index (χ0n) is 12.9. The average molecular weight is 283 g/mol. The maximum atomic E-state index is 11.9. The van der Waals surface area contributed by atoms with Gasteiger partial charge in [0.15, 0.2) is 0 Å². The van der Waals surface area contributed by atoms with Crippen LogP contribution in [0, 0.1) is 5.92 Å². The van der Waals surface area contributed by atoms with Crippen molar-refractivity contribution in [1.82, 2.24) is 10.2 Å². The van der Waals surface area contributed by atoms with Crippen LogP contribution in [-0.4, -0.2) is 55.2 Å². The van der Waals surface area contributed by atoms with Crippen LogP contribution < -0.4 is 11.1 Å². The van der Waals surface area contributed by atoms with Crippen molar-refractivity contribution in [3.8, 4) is 0 Å². The number of hydrogen-bond donors (Lipinski definition) is 2. The summed E-state index contributed by atoms with van der Waals surface area (Å²) in [6.07, 6.45) is 3.94. The van der Waals surface area contributed by atoms with Crippen molar-refractivity contribution in [2.45, 2.75) is 51.2 Å². The second-order valence-electron chi connectivity index (χ2n) is 6.79. The summed E-state index contributed by atoms with van der Waals surface area (Å²) in [5, 5.41) is 3.03. The Kier molecular flexibility index (Phi) is 5.41. The maximum Gasteiger partial charge on any atom is 0.220 e. The molecule has 0 aromatic rings. The standard InChI is InChI=1S/C15H29N3O2/c1-15(2)11-18(8-9-20-15)7-6-17-14(19)10-12-4-3-5-13(12)16/h12-13H,3-11,16H2,1-2H3,(H,17,19)/t12-,13+/m0/s1. The molecule has 116 valence electrons. The van der Waals surface area contributed by atoms with Crippen LogP contribution in [0.15, 0.2) is 0 Å². The first-order chi connectivity index (χ1) is 9.46. The summed E-state index contributed by atoms with van der Waals surface area (Å²) in [6, 6.07) is 0.223. The van der Waals surface area contributed by atoms with Crippen LogP contribution in [0.3, 0.4) is 0 Å². The largest absolute Gasteiger partial charge is 0.373 e. The maximum absolute atomic E-state index is 11.9. The van der Waals surface area contributed by atoms with Crippen molar-refractivity contribution in [3.05, 3.63) is 0 Å². The Balaban J connectivity index is 1.61. The van der Waals surface area contributed by atoms with Crippen molar-refractivity contribution in [1.29, 1.82) is 0 Å². The number of nitrogens with two attached hydrogens (primary N) is 1. The highest BCUT2D eigenvalue weighted by atomic mass is 16.5. The summed E-state index contributed by atoms with van der Waals surface area (Å²) < 4.78 is 5.68. The van der Waals surface area contributed by atoms with Gasteiger partial charge in [0.05, 0.1) is 12.2 Å². The fourth-order valence-electron chi connectivity index (χ4n) is 3.29. The van der Waals surface area contributed by atoms with Gasteiger partial charge in [-0.05, 0) is 32.6 Å². The van der Waals surface area contributed by atoms with Crippen molar-refractivity contribution < 1.29 is 9.53 Å². The number of morpholine rings is 1. The molecule has 2 aliphatic rings. The van der Waals surface area contributed by atoms with Gasteiger partial charge in [0, 0.05) is 38.6 Å². The van der Waals surface area contributed by atoms with Crippen LogP contribution in [-0.2, 0) is 9.53 Å². The zero-order chi connectivity index (χ0) is 14.6. The van der Waals surface area contributed by atoms with Crippen molar-refractivity contribution >= 4 is 5.91 Å². The summed E-state index contributed by atoms with van der Waals surface area (Å²) in [7, 11) is 0. The highest BCUT2D eigenvalue weighted by Gasteiger charge is 2.27. The second-order valence-corrected chi connectivity index (χ2v) is 6.79. The summed E-state index contributed by atoms with van der Waals surface area (Å²) in [6.45, 7) is 8.49. The summed E-state index contributed by atoms with van der Waals surface area (Å²) in [5.41, 5.74) is 5.93. The highest BCUT2D eigenvalue weighted by molar-refractivity contribution is 5.76. The monoisotopic (exact) mass is 283 g/mol. The molecule has 1 heterocycles. The average Bonchev–Trinajstić information content (AvgIpc) is 2.74. The third-order valence-electron chi connectivity index (χ3n) is 4.42. The van der Waals surface area contributed by atoms with E-state index >= 15 is 0 Å². The third kappa shape index (κ3) is 4.72. The van der Waals surface area contributed by atoms with E-state index in [2.05, 4.69) is 24.1 Å². The van der Waals surface area contributed by atoms with Gasteiger partial charge >= 0.3 is 0 Å². The van der Waals surface area contributed by atoms with E-state index in [1.807, 2.05) is 0 Å². The Hall–Kier alpha value is -0.650. The molecule has 0 bridgehead atoms. The van der Waals surface area contributed by atoms with Crippen LogP contribution in [0.2, 0.25) is 0 Å². The van der Waals surface area contributed by atoms with Gasteiger partial charge in [-0.1, -0.05) is 6.42 Å². The highest BCUT2D eigenvalue weighted by Crippen LogP contribution is 2.26. The minimum Gasteiger partial charge on any atom is -0.373 e. The summed E-state index contributed by atoms with van der Waals surface area (Å²) >= 11 is 0. The Labute approximate surface area is 122 Å². The van der Waals surface area contributed by atoms with Gasteiger partial charge in [0.2, 0.25) is 5.91 Å². The van der Waals surface area contributed by atoms with Gasteiger partial charge < -0.3 is 15.8 Å². The van der Waals surface area contributed by atoms with E-state index in [-0.39, 0.29) is 17.6 Å². The normalized spacial score (nSPS) is 30.4. The van der Waals surface area contributed by atoms with Crippen LogP contribution in [0.25, 0.3) is 0 Å². The van der Waals surface area contributed by atoms with E-state index in [9.17, 15) is 4.79 Å². The zero-order valence-corrected chi connectivity index (χ0v) is 12.9. The van der Waals surface area contributed by atoms with Gasteiger partial charge in [0.25, 0.3) is 0 Å². The Morgan fingerprint density at radius 2 is 2.25 bits per heavy atom. The van der Waals surface area contributed by atoms with Gasteiger partial charge in [-0.3, -0.25) is 9.69 Å². The van der Waals surface area contributed by atoms with Crippen LogP contribution in [0.5, 0.6) is 0 Å². The first-order valence-corrected chi connectivity index (χ1v) is 7.85. The van der Waals surface area contributed by atoms with E-state index in [0.717, 1.165) is 45.6 Å². The van der Waals surface area contributed by atoms with E-state index in [1.54, 1.807) is 0 Å². The molecule has 0 aromatic carbocycles. The molecule has 20 heavy (non-hydrogen) atoms. The predicted octanol–water partition coefficient (Wildman–Crippen LogP) is 0.731. The fourth-order valence-corrected chi connectivity index (χ4v) is 3.29. The Morgan fingerprint density at radius 1 is 1.45 bits per heavy atom. The molecular formula is C15H29N3O2. The van der Waals surface area contributed by atoms with Crippen LogP contribution in [0.4, 0.5) is 0 Å². The Bertz CT molecular complexity index is 333. The molecule has 2 rings (SSSR count). The summed E-state index contributed by atoms with van der Waals surface area (Å²) in [4.78, 5) is 14.3. The number of carbonyl (C=O) groups excluding carboxylic acids is 1. The molecule has 1 amide bonds. The quantitative estimate of drug-likeness (QED) is 0.780. The molecule has 3 N–H and O–H groups in total. The van der Waals surface area contributed by atoms with Crippen LogP contribution >= 0.6 is 0 Å². The van der Waals surface area contributed by atoms with Crippen molar-refractivity contribution in [2.75, 3.05) is 32.8 Å². The SMILES string of the molecule is CC1(C)CN(CCNC(=O)C[C@@H]2CCC[C@H]2N)CCO1. The second kappa shape index (κ2) is 6.87. The molecule has 0 radical (unpaired) electrons. The van der Waals surface area contributed by atoms with E-state index in [1.165, 1.54) is 6.42 Å². The fraction of sp³-hybridized carbons (Fsp3) is 0.933. The van der Waals surface area contributed by atoms with Crippen LogP contribution in [0.1, 0.15) is 39.5 Å². The third-order valence-corrected chi connectivity index (χ3v) is 4.42. The number of nitrogens with zero attached hydrogens (tertiary/aromatic N) is 1. The first kappa shape index (κ1) is 15.7. The van der Waals surface area contributed by atoms with E-state index < -0.39 is 0 Å². The van der Waals surface area contributed by atoms with Crippen molar-refractivity contribution in [2.24, 2.45) is 11.7 Å². The number of rotatable bonds is 5. The number of nitrogens with one attached hydrogen (secondary N) is 1. The molecule has 0 aromatic heterocycles. The van der Waals surface area contributed by atoms with Crippen molar-refractivity contribution in [3.63, 3.8) is 0 Å². The number of carbonyl (C=O) groups is 1. The number of amides is 1. The lowest BCUT2D eigenvalue weighted by Gasteiger charge is -2.38. The molecule has 0 unspecified atom stereocenters. The Morgan fingerprint density at radius 3 is 2.90 bits per heavy atom. The first-order valence-electron chi connectivity index (χ1n) is 7.85. The van der Waals surface area contributed by atoms with Gasteiger partial charge in [0.1, 0.15) is 0 Å². The minimum absolute atomic E-state index is 0.0706.